The smallest absolute Gasteiger partial charge is 1.00 e. The number of phosphoric acid groups is 1. The van der Waals surface area contributed by atoms with E-state index in [1.807, 2.05) is 0 Å². The zero-order valence-electron chi connectivity index (χ0n) is 5.85. The Labute approximate surface area is 87.4 Å². The molecule has 0 saturated carbocycles. The van der Waals surface area contributed by atoms with Gasteiger partial charge in [0.1, 0.15) is 0 Å². The van der Waals surface area contributed by atoms with Gasteiger partial charge in [0.05, 0.1) is 0 Å². The molecule has 4 nitrogen and oxygen atoms in total. The summed E-state index contributed by atoms with van der Waals surface area (Å²) < 4.78 is 13.1. The summed E-state index contributed by atoms with van der Waals surface area (Å²) in [6, 6.07) is 0. The molecule has 0 aromatic heterocycles. The molecule has 0 amide bonds. The fraction of sp³-hybridized carbons (Fsp3) is 1.00. The standard InChI is InChI=1S/CH5O4P.Li.Mn.Ni.H/c1-5-6(2,3)4;;;;/h1H3,(H2,2,3,4);;;;/q;+1;;;-1. The van der Waals surface area contributed by atoms with Crippen LogP contribution in [0.15, 0.2) is 0 Å². The first-order valence-corrected chi connectivity index (χ1v) is 2.70. The van der Waals surface area contributed by atoms with Crippen LogP contribution in [-0.2, 0) is 42.6 Å². The van der Waals surface area contributed by atoms with Crippen LogP contribution in [0.1, 0.15) is 1.43 Å². The van der Waals surface area contributed by atoms with Crippen LogP contribution in [0, 0.1) is 0 Å². The maximum Gasteiger partial charge on any atom is 1.00 e. The third-order valence-electron chi connectivity index (χ3n) is 0.238. The van der Waals surface area contributed by atoms with Gasteiger partial charge in [0.15, 0.2) is 0 Å². The molecule has 0 fully saturated rings. The van der Waals surface area contributed by atoms with Gasteiger partial charge >= 0.3 is 26.7 Å². The quantitative estimate of drug-likeness (QED) is 0.371. The Morgan fingerprint density at radius 1 is 1.56 bits per heavy atom. The van der Waals surface area contributed by atoms with E-state index in [0.29, 0.717) is 0 Å². The molecule has 0 aliphatic rings. The number of rotatable bonds is 1. The fourth-order valence-corrected chi connectivity index (χ4v) is 0. The van der Waals surface area contributed by atoms with Crippen molar-refractivity contribution in [1.82, 2.24) is 0 Å². The van der Waals surface area contributed by atoms with Crippen LogP contribution in [0.25, 0.3) is 0 Å². The van der Waals surface area contributed by atoms with Crippen LogP contribution < -0.4 is 18.9 Å². The van der Waals surface area contributed by atoms with Crippen LogP contribution in [-0.4, -0.2) is 16.9 Å². The van der Waals surface area contributed by atoms with E-state index in [-0.39, 0.29) is 53.8 Å². The van der Waals surface area contributed by atoms with Crippen LogP contribution in [0.5, 0.6) is 0 Å². The predicted molar refractivity (Wildman–Crippen MR) is 20.2 cm³/mol. The summed E-state index contributed by atoms with van der Waals surface area (Å²) in [6.07, 6.45) is 0. The maximum absolute atomic E-state index is 9.47. The minimum absolute atomic E-state index is 0. The summed E-state index contributed by atoms with van der Waals surface area (Å²) in [5.41, 5.74) is 0. The number of hydrogen-bond donors (Lipinski definition) is 2. The second kappa shape index (κ2) is 9.72. The van der Waals surface area contributed by atoms with Crippen LogP contribution in [0.3, 0.4) is 0 Å². The van der Waals surface area contributed by atoms with Crippen LogP contribution >= 0.6 is 7.82 Å². The first-order valence-electron chi connectivity index (χ1n) is 1.17. The fourth-order valence-electron chi connectivity index (χ4n) is 0. The van der Waals surface area contributed by atoms with Crippen molar-refractivity contribution in [1.29, 1.82) is 0 Å². The van der Waals surface area contributed by atoms with E-state index < -0.39 is 7.82 Å². The van der Waals surface area contributed by atoms with Crippen molar-refractivity contribution in [3.8, 4) is 0 Å². The van der Waals surface area contributed by atoms with Crippen molar-refractivity contribution >= 4 is 7.82 Å². The molecule has 1 radical (unpaired) electrons. The largest absolute Gasteiger partial charge is 1.00 e. The Bertz CT molecular complexity index is 89.3. The summed E-state index contributed by atoms with van der Waals surface area (Å²) in [5, 5.41) is 0. The summed E-state index contributed by atoms with van der Waals surface area (Å²) in [5.74, 6) is 0. The predicted octanol–water partition coefficient (Wildman–Crippen LogP) is -3.16. The van der Waals surface area contributed by atoms with Crippen molar-refractivity contribution < 1.29 is 72.7 Å². The summed E-state index contributed by atoms with van der Waals surface area (Å²) in [6.45, 7) is 0. The monoisotopic (exact) mass is 233 g/mol. The molecule has 0 aliphatic heterocycles. The van der Waals surface area contributed by atoms with E-state index in [4.69, 9.17) is 9.79 Å². The number of phosphoric ester groups is 1. The van der Waals surface area contributed by atoms with E-state index in [2.05, 4.69) is 4.52 Å². The summed E-state index contributed by atoms with van der Waals surface area (Å²) >= 11 is 0. The molecule has 0 aliphatic carbocycles. The molecular weight excluding hydrogens is 228 g/mol. The van der Waals surface area contributed by atoms with Gasteiger partial charge in [0, 0.05) is 40.7 Å². The zero-order chi connectivity index (χ0) is 5.21. The minimum atomic E-state index is -4.15. The molecule has 0 saturated heterocycles. The van der Waals surface area contributed by atoms with E-state index in [0.717, 1.165) is 7.11 Å². The molecule has 0 aromatic carbocycles. The average molecular weight is 234 g/mol. The minimum Gasteiger partial charge on any atom is -1.00 e. The molecule has 0 spiro atoms. The Hall–Kier alpha value is 1.72. The Morgan fingerprint density at radius 3 is 1.67 bits per heavy atom. The SMILES string of the molecule is COP(=O)(O)O.[H-].[Li+].[Mn].[Ni]. The summed E-state index contributed by atoms with van der Waals surface area (Å²) in [4.78, 5) is 15.4. The van der Waals surface area contributed by atoms with E-state index in [9.17, 15) is 4.57 Å². The Morgan fingerprint density at radius 2 is 1.67 bits per heavy atom. The molecular formula is CH6LiMnNiO4P. The van der Waals surface area contributed by atoms with E-state index in [1.54, 1.807) is 0 Å². The Balaban J connectivity index is -0.0000000208. The molecule has 57 valence electrons. The van der Waals surface area contributed by atoms with Gasteiger partial charge in [-0.2, -0.15) is 0 Å². The molecule has 9 heavy (non-hydrogen) atoms. The molecule has 0 bridgehead atoms. The zero-order valence-corrected chi connectivity index (χ0v) is 7.91. The second-order valence-electron chi connectivity index (χ2n) is 0.673. The molecule has 0 atom stereocenters. The first-order chi connectivity index (χ1) is 2.56. The van der Waals surface area contributed by atoms with Gasteiger partial charge in [-0.05, 0) is 0 Å². The van der Waals surface area contributed by atoms with Gasteiger partial charge in [-0.25, -0.2) is 4.57 Å². The third kappa shape index (κ3) is 26.0. The van der Waals surface area contributed by atoms with E-state index >= 15 is 0 Å². The number of hydrogen-bond acceptors (Lipinski definition) is 2. The molecule has 0 unspecified atom stereocenters. The van der Waals surface area contributed by atoms with Gasteiger partial charge in [0.2, 0.25) is 0 Å². The second-order valence-corrected chi connectivity index (χ2v) is 2.02. The van der Waals surface area contributed by atoms with Crippen molar-refractivity contribution in [2.24, 2.45) is 0 Å². The van der Waals surface area contributed by atoms with E-state index in [1.165, 1.54) is 0 Å². The normalized spacial score (nSPS) is 7.89. The van der Waals surface area contributed by atoms with Crippen molar-refractivity contribution in [3.63, 3.8) is 0 Å². The van der Waals surface area contributed by atoms with Gasteiger partial charge in [0.25, 0.3) is 0 Å². The van der Waals surface area contributed by atoms with Gasteiger partial charge < -0.3 is 11.2 Å². The molecule has 0 heterocycles. The average Bonchev–Trinajstić information content (AvgIpc) is 1.35. The maximum atomic E-state index is 9.47. The molecule has 0 aromatic rings. The topological polar surface area (TPSA) is 66.8 Å². The Kier molecular flexibility index (Phi) is 24.2. The van der Waals surface area contributed by atoms with Crippen molar-refractivity contribution in [2.75, 3.05) is 7.11 Å². The van der Waals surface area contributed by atoms with Gasteiger partial charge in [-0.1, -0.05) is 0 Å². The van der Waals surface area contributed by atoms with Gasteiger partial charge in [-0.3, -0.25) is 4.52 Å². The molecule has 8 heteroatoms. The van der Waals surface area contributed by atoms with Crippen LogP contribution in [0.4, 0.5) is 0 Å². The first kappa shape index (κ1) is 22.4. The van der Waals surface area contributed by atoms with Crippen molar-refractivity contribution in [2.45, 2.75) is 0 Å². The van der Waals surface area contributed by atoms with Gasteiger partial charge in [-0.15, -0.1) is 0 Å². The van der Waals surface area contributed by atoms with Crippen LogP contribution in [0.2, 0.25) is 0 Å². The summed E-state index contributed by atoms with van der Waals surface area (Å²) in [7, 11) is -3.20. The molecule has 2 N–H and O–H groups in total. The van der Waals surface area contributed by atoms with Crippen molar-refractivity contribution in [3.05, 3.63) is 0 Å². The third-order valence-corrected chi connectivity index (χ3v) is 0.714. The molecule has 0 rings (SSSR count).